The van der Waals surface area contributed by atoms with Crippen molar-refractivity contribution in [3.63, 3.8) is 0 Å². The number of nitrogens with two attached hydrogens (primary N) is 1. The number of carbonyl (C=O) groups is 1. The first-order valence-electron chi connectivity index (χ1n) is 8.96. The smallest absolute Gasteiger partial charge is 0.226 e. The fourth-order valence-corrected chi connectivity index (χ4v) is 4.03. The highest BCUT2D eigenvalue weighted by molar-refractivity contribution is 5.85. The van der Waals surface area contributed by atoms with Crippen molar-refractivity contribution < 1.29 is 4.79 Å². The molecule has 1 heterocycles. The number of amides is 1. The molecule has 3 rings (SSSR count). The van der Waals surface area contributed by atoms with Crippen molar-refractivity contribution in [3.8, 4) is 0 Å². The van der Waals surface area contributed by atoms with E-state index < -0.39 is 0 Å². The molecule has 1 saturated carbocycles. The summed E-state index contributed by atoms with van der Waals surface area (Å²) in [5.74, 6) is 0.494. The molecule has 2 N–H and O–H groups in total. The molecule has 0 bridgehead atoms. The summed E-state index contributed by atoms with van der Waals surface area (Å²) in [7, 11) is 0. The van der Waals surface area contributed by atoms with Crippen molar-refractivity contribution in [1.82, 2.24) is 9.80 Å². The number of hydrogen-bond donors (Lipinski definition) is 1. The van der Waals surface area contributed by atoms with Crippen LogP contribution in [0.4, 0.5) is 0 Å². The number of nitrogens with zero attached hydrogens (tertiary/aromatic N) is 2. The summed E-state index contributed by atoms with van der Waals surface area (Å²) >= 11 is 0. The molecule has 1 aliphatic heterocycles. The summed E-state index contributed by atoms with van der Waals surface area (Å²) in [4.78, 5) is 17.4. The monoisotopic (exact) mass is 387 g/mol. The van der Waals surface area contributed by atoms with Crippen molar-refractivity contribution in [1.29, 1.82) is 0 Å². The van der Waals surface area contributed by atoms with Crippen LogP contribution in [0.3, 0.4) is 0 Å². The third-order valence-electron chi connectivity index (χ3n) is 5.31. The molecular weight excluding hydrogens is 357 g/mol. The fraction of sp³-hybridized carbons (Fsp3) is 0.632. The lowest BCUT2D eigenvalue weighted by molar-refractivity contribution is -0.141. The van der Waals surface area contributed by atoms with E-state index >= 15 is 0 Å². The van der Waals surface area contributed by atoms with E-state index in [0.29, 0.717) is 5.91 Å². The summed E-state index contributed by atoms with van der Waals surface area (Å²) in [6.45, 7) is 5.92. The number of piperazine rings is 1. The Labute approximate surface area is 163 Å². The number of halogens is 2. The van der Waals surface area contributed by atoms with E-state index in [4.69, 9.17) is 5.73 Å². The summed E-state index contributed by atoms with van der Waals surface area (Å²) in [5.41, 5.74) is 7.40. The van der Waals surface area contributed by atoms with Crippen LogP contribution in [0.15, 0.2) is 30.3 Å². The second kappa shape index (κ2) is 10.4. The number of hydrogen-bond acceptors (Lipinski definition) is 3. The van der Waals surface area contributed by atoms with E-state index in [1.54, 1.807) is 0 Å². The second-order valence-corrected chi connectivity index (χ2v) is 7.22. The van der Waals surface area contributed by atoms with E-state index in [2.05, 4.69) is 47.1 Å². The van der Waals surface area contributed by atoms with Gasteiger partial charge in [0, 0.05) is 44.2 Å². The quantitative estimate of drug-likeness (QED) is 0.866. The number of benzene rings is 1. The first kappa shape index (κ1) is 22.2. The first-order chi connectivity index (χ1) is 11.1. The topological polar surface area (TPSA) is 49.6 Å². The molecule has 0 radical (unpaired) electrons. The normalized spacial score (nSPS) is 27.1. The molecular formula is C19H31Cl2N3O. The van der Waals surface area contributed by atoms with Gasteiger partial charge in [-0.15, -0.1) is 24.8 Å². The van der Waals surface area contributed by atoms with Gasteiger partial charge in [-0.2, -0.15) is 0 Å². The van der Waals surface area contributed by atoms with Crippen LogP contribution in [0.2, 0.25) is 0 Å². The van der Waals surface area contributed by atoms with Crippen molar-refractivity contribution in [2.45, 2.75) is 51.2 Å². The zero-order valence-corrected chi connectivity index (χ0v) is 16.6. The van der Waals surface area contributed by atoms with Gasteiger partial charge in [-0.3, -0.25) is 9.69 Å². The lowest BCUT2D eigenvalue weighted by atomic mass is 9.85. The minimum absolute atomic E-state index is 0. The van der Waals surface area contributed by atoms with E-state index in [-0.39, 0.29) is 42.8 Å². The average Bonchev–Trinajstić information content (AvgIpc) is 2.55. The molecule has 4 nitrogen and oxygen atoms in total. The molecule has 1 saturated heterocycles. The average molecular weight is 388 g/mol. The van der Waals surface area contributed by atoms with Crippen LogP contribution < -0.4 is 5.73 Å². The van der Waals surface area contributed by atoms with Gasteiger partial charge in [0.25, 0.3) is 0 Å². The zero-order chi connectivity index (χ0) is 16.2. The summed E-state index contributed by atoms with van der Waals surface area (Å²) in [5, 5.41) is 0. The Bertz CT molecular complexity index is 529. The maximum absolute atomic E-state index is 12.8. The zero-order valence-electron chi connectivity index (χ0n) is 15.0. The van der Waals surface area contributed by atoms with Crippen LogP contribution in [0, 0.1) is 5.92 Å². The minimum Gasteiger partial charge on any atom is -0.337 e. The van der Waals surface area contributed by atoms with Crippen molar-refractivity contribution in [2.24, 2.45) is 11.7 Å². The molecule has 1 aliphatic carbocycles. The van der Waals surface area contributed by atoms with Crippen LogP contribution in [0.5, 0.6) is 0 Å². The van der Waals surface area contributed by atoms with Gasteiger partial charge in [0.05, 0.1) is 0 Å². The molecule has 1 aromatic carbocycles. The Kier molecular flexibility index (Phi) is 9.22. The van der Waals surface area contributed by atoms with Crippen molar-refractivity contribution >= 4 is 30.7 Å². The Hall–Kier alpha value is -0.810. The molecule has 142 valence electrons. The van der Waals surface area contributed by atoms with Crippen molar-refractivity contribution in [2.75, 3.05) is 19.6 Å². The van der Waals surface area contributed by atoms with E-state index in [1.807, 2.05) is 0 Å². The standard InChI is InChI=1S/C19H29N3O.2ClH/c1-15-13-21(14-16-6-3-2-4-7-16)10-11-22(15)19(23)17-8-5-9-18(20)12-17;;/h2-4,6-7,15,17-18H,5,8-14,20H2,1H3;2*1H. The third kappa shape index (κ3) is 5.85. The van der Waals surface area contributed by atoms with Gasteiger partial charge in [-0.25, -0.2) is 0 Å². The SMILES string of the molecule is CC1CN(Cc2ccccc2)CCN1C(=O)C1CCCC(N)C1.Cl.Cl. The summed E-state index contributed by atoms with van der Waals surface area (Å²) in [6.07, 6.45) is 4.06. The molecule has 3 atom stereocenters. The lowest BCUT2D eigenvalue weighted by Crippen LogP contribution is -2.55. The van der Waals surface area contributed by atoms with E-state index in [9.17, 15) is 4.79 Å². The van der Waals surface area contributed by atoms with Gasteiger partial charge in [0.2, 0.25) is 5.91 Å². The fourth-order valence-electron chi connectivity index (χ4n) is 4.03. The van der Waals surface area contributed by atoms with Crippen LogP contribution in [0.1, 0.15) is 38.2 Å². The van der Waals surface area contributed by atoms with Crippen LogP contribution in [0.25, 0.3) is 0 Å². The molecule has 2 fully saturated rings. The Balaban J connectivity index is 0.00000156. The molecule has 2 aliphatic rings. The summed E-state index contributed by atoms with van der Waals surface area (Å²) < 4.78 is 0. The predicted octanol–water partition coefficient (Wildman–Crippen LogP) is 3.08. The van der Waals surface area contributed by atoms with Crippen molar-refractivity contribution in [3.05, 3.63) is 35.9 Å². The first-order valence-corrected chi connectivity index (χ1v) is 8.96. The van der Waals surface area contributed by atoms with Gasteiger partial charge < -0.3 is 10.6 Å². The third-order valence-corrected chi connectivity index (χ3v) is 5.31. The molecule has 3 unspecified atom stereocenters. The molecule has 6 heteroatoms. The number of rotatable bonds is 3. The largest absolute Gasteiger partial charge is 0.337 e. The maximum atomic E-state index is 12.8. The lowest BCUT2D eigenvalue weighted by Gasteiger charge is -2.42. The maximum Gasteiger partial charge on any atom is 0.226 e. The van der Waals surface area contributed by atoms with Gasteiger partial charge in [0.1, 0.15) is 0 Å². The van der Waals surface area contributed by atoms with Crippen LogP contribution in [-0.4, -0.2) is 47.4 Å². The van der Waals surface area contributed by atoms with Crippen LogP contribution in [-0.2, 0) is 11.3 Å². The Morgan fingerprint density at radius 2 is 1.88 bits per heavy atom. The molecule has 1 amide bonds. The van der Waals surface area contributed by atoms with E-state index in [0.717, 1.165) is 51.9 Å². The van der Waals surface area contributed by atoms with Gasteiger partial charge in [-0.05, 0) is 31.7 Å². The van der Waals surface area contributed by atoms with Gasteiger partial charge >= 0.3 is 0 Å². The van der Waals surface area contributed by atoms with E-state index in [1.165, 1.54) is 5.56 Å². The molecule has 0 aromatic heterocycles. The predicted molar refractivity (Wildman–Crippen MR) is 107 cm³/mol. The van der Waals surface area contributed by atoms with Gasteiger partial charge in [-0.1, -0.05) is 36.8 Å². The second-order valence-electron chi connectivity index (χ2n) is 7.22. The summed E-state index contributed by atoms with van der Waals surface area (Å²) in [6, 6.07) is 11.1. The van der Waals surface area contributed by atoms with Gasteiger partial charge in [0.15, 0.2) is 0 Å². The Morgan fingerprint density at radius 3 is 2.52 bits per heavy atom. The highest BCUT2D eigenvalue weighted by atomic mass is 35.5. The highest BCUT2D eigenvalue weighted by Gasteiger charge is 2.33. The molecule has 25 heavy (non-hydrogen) atoms. The Morgan fingerprint density at radius 1 is 1.16 bits per heavy atom. The molecule has 1 aromatic rings. The molecule has 0 spiro atoms. The number of carbonyl (C=O) groups excluding carboxylic acids is 1. The van der Waals surface area contributed by atoms with Crippen LogP contribution >= 0.6 is 24.8 Å². The minimum atomic E-state index is 0. The highest BCUT2D eigenvalue weighted by Crippen LogP contribution is 2.26.